The first-order chi connectivity index (χ1) is 9.97. The molecule has 0 aliphatic rings. The molecule has 0 spiro atoms. The van der Waals surface area contributed by atoms with Crippen LogP contribution in [0.5, 0.6) is 0 Å². The predicted molar refractivity (Wildman–Crippen MR) is 83.9 cm³/mol. The molecule has 6 heteroatoms. The molecule has 6 nitrogen and oxygen atoms in total. The van der Waals surface area contributed by atoms with Gasteiger partial charge in [-0.3, -0.25) is 27.1 Å². The van der Waals surface area contributed by atoms with E-state index in [9.17, 15) is 4.79 Å². The Kier molecular flexibility index (Phi) is 11.3. The lowest BCUT2D eigenvalue weighted by Crippen LogP contribution is -2.45. The third-order valence-corrected chi connectivity index (χ3v) is 3.57. The van der Waals surface area contributed by atoms with Gasteiger partial charge in [0, 0.05) is 12.8 Å². The van der Waals surface area contributed by atoms with E-state index < -0.39 is 0 Å². The molecule has 8 N–H and O–H groups in total. The molecule has 0 radical (unpaired) electrons. The summed E-state index contributed by atoms with van der Waals surface area (Å²) in [5.74, 6) is 0.851. The average molecular weight is 300 g/mol. The summed E-state index contributed by atoms with van der Waals surface area (Å²) in [7, 11) is 1.45. The normalized spacial score (nSPS) is 10.6. The van der Waals surface area contributed by atoms with Gasteiger partial charge in [-0.05, 0) is 25.7 Å². The average Bonchev–Trinajstić information content (AvgIpc) is 2.42. The number of hydrogen-bond acceptors (Lipinski definition) is 2. The van der Waals surface area contributed by atoms with E-state index >= 15 is 0 Å². The van der Waals surface area contributed by atoms with Gasteiger partial charge in [0.1, 0.15) is 0 Å². The molecule has 0 heterocycles. The van der Waals surface area contributed by atoms with Gasteiger partial charge >= 0.3 is 5.97 Å². The molecule has 0 atom stereocenters. The van der Waals surface area contributed by atoms with E-state index in [0.717, 1.165) is 64.2 Å². The molecule has 0 aliphatic heterocycles. The van der Waals surface area contributed by atoms with Crippen LogP contribution < -0.4 is 22.3 Å². The molecule has 21 heavy (non-hydrogen) atoms. The predicted octanol–water partition coefficient (Wildman–Crippen LogP) is -1.09. The maximum Gasteiger partial charge on any atom is 0.308 e. The zero-order valence-electron chi connectivity index (χ0n) is 13.3. The summed E-state index contributed by atoms with van der Waals surface area (Å²) >= 11 is 0. The minimum Gasteiger partial charge on any atom is -0.469 e. The number of carbonyl (C=O) groups is 1. The molecule has 0 aromatic heterocycles. The van der Waals surface area contributed by atoms with Crippen LogP contribution in [-0.4, -0.2) is 24.8 Å². The maximum absolute atomic E-state index is 11.7. The molecule has 0 aliphatic carbocycles. The van der Waals surface area contributed by atoms with E-state index in [-0.39, 0.29) is 11.9 Å². The van der Waals surface area contributed by atoms with Crippen molar-refractivity contribution in [1.82, 2.24) is 0 Å². The van der Waals surface area contributed by atoms with E-state index in [1.165, 1.54) is 7.11 Å². The highest BCUT2D eigenvalue weighted by molar-refractivity contribution is 5.74. The van der Waals surface area contributed by atoms with Gasteiger partial charge in [0.2, 0.25) is 11.7 Å². The minimum absolute atomic E-state index is 0.00611. The highest BCUT2D eigenvalue weighted by atomic mass is 16.5. The summed E-state index contributed by atoms with van der Waals surface area (Å²) in [5.41, 5.74) is 10.8. The van der Waals surface area contributed by atoms with Crippen molar-refractivity contribution >= 4 is 17.6 Å². The monoisotopic (exact) mass is 300 g/mol. The molecule has 0 fully saturated rings. The van der Waals surface area contributed by atoms with Gasteiger partial charge in [-0.2, -0.15) is 0 Å². The Morgan fingerprint density at radius 2 is 1.33 bits per heavy atom. The Labute approximate surface area is 127 Å². The van der Waals surface area contributed by atoms with Crippen LogP contribution in [0.25, 0.3) is 0 Å². The lowest BCUT2D eigenvalue weighted by molar-refractivity contribution is -0.146. The lowest BCUT2D eigenvalue weighted by Gasteiger charge is -2.14. The second kappa shape index (κ2) is 12.2. The Hall–Kier alpha value is -1.59. The fraction of sp³-hybridized carbons (Fsp3) is 0.800. The van der Waals surface area contributed by atoms with E-state index in [0.29, 0.717) is 11.7 Å². The van der Waals surface area contributed by atoms with E-state index in [2.05, 4.69) is 0 Å². The summed E-state index contributed by atoms with van der Waals surface area (Å²) < 4.78 is 4.88. The number of carbonyl (C=O) groups excluding carboxylic acids is 1. The van der Waals surface area contributed by atoms with Crippen LogP contribution in [0.1, 0.15) is 64.2 Å². The standard InChI is InChI=1S/C15H30N4O2/c1-21-15(20)12(8-4-2-6-10-13(16)17)9-5-3-7-11-14(18)19/h12H,2-11H2,1H3,(H3,16,17)(H3,18,19)/p+2. The van der Waals surface area contributed by atoms with Crippen molar-refractivity contribution < 1.29 is 20.3 Å². The summed E-state index contributed by atoms with van der Waals surface area (Å²) in [5, 5.41) is 10.8. The van der Waals surface area contributed by atoms with Crippen molar-refractivity contribution in [1.29, 1.82) is 0 Å². The molecule has 0 unspecified atom stereocenters. The molecule has 0 amide bonds. The molecule has 0 rings (SSSR count). The third-order valence-electron chi connectivity index (χ3n) is 3.57. The van der Waals surface area contributed by atoms with Crippen LogP contribution in [0.3, 0.4) is 0 Å². The number of unbranched alkanes of at least 4 members (excludes halogenated alkanes) is 4. The van der Waals surface area contributed by atoms with Crippen molar-refractivity contribution in [3.05, 3.63) is 0 Å². The Bertz CT molecular complexity index is 308. The van der Waals surface area contributed by atoms with Crippen molar-refractivity contribution in [2.45, 2.75) is 64.2 Å². The van der Waals surface area contributed by atoms with Crippen LogP contribution in [0.2, 0.25) is 0 Å². The Morgan fingerprint density at radius 1 is 0.905 bits per heavy atom. The first-order valence-electron chi connectivity index (χ1n) is 7.78. The van der Waals surface area contributed by atoms with E-state index in [1.807, 2.05) is 0 Å². The summed E-state index contributed by atoms with van der Waals surface area (Å²) in [6, 6.07) is 0. The smallest absolute Gasteiger partial charge is 0.308 e. The van der Waals surface area contributed by atoms with Crippen LogP contribution in [-0.2, 0) is 9.53 Å². The zero-order chi connectivity index (χ0) is 16.1. The third kappa shape index (κ3) is 11.9. The second-order valence-electron chi connectivity index (χ2n) is 5.57. The summed E-state index contributed by atoms with van der Waals surface area (Å²) in [6.07, 6.45) is 9.23. The van der Waals surface area contributed by atoms with Crippen molar-refractivity contribution in [2.75, 3.05) is 7.11 Å². The zero-order valence-corrected chi connectivity index (χ0v) is 13.3. The number of methoxy groups -OCH3 is 1. The van der Waals surface area contributed by atoms with E-state index in [4.69, 9.17) is 27.0 Å². The van der Waals surface area contributed by atoms with Gasteiger partial charge in [0.25, 0.3) is 0 Å². The van der Waals surface area contributed by atoms with Crippen LogP contribution in [0, 0.1) is 5.92 Å². The largest absolute Gasteiger partial charge is 0.469 e. The first-order valence-corrected chi connectivity index (χ1v) is 7.78. The van der Waals surface area contributed by atoms with Gasteiger partial charge in [-0.15, -0.1) is 0 Å². The van der Waals surface area contributed by atoms with Crippen molar-refractivity contribution in [2.24, 2.45) is 17.4 Å². The quantitative estimate of drug-likeness (QED) is 0.149. The van der Waals surface area contributed by atoms with Gasteiger partial charge < -0.3 is 4.74 Å². The lowest BCUT2D eigenvalue weighted by atomic mass is 9.94. The highest BCUT2D eigenvalue weighted by Crippen LogP contribution is 2.19. The number of rotatable bonds is 13. The molecular formula is C15H32N4O2+2. The van der Waals surface area contributed by atoms with E-state index in [1.54, 1.807) is 0 Å². The highest BCUT2D eigenvalue weighted by Gasteiger charge is 2.18. The summed E-state index contributed by atoms with van der Waals surface area (Å²) in [6.45, 7) is 0. The topological polar surface area (TPSA) is 130 Å². The molecular weight excluding hydrogens is 268 g/mol. The van der Waals surface area contributed by atoms with Crippen molar-refractivity contribution in [3.63, 3.8) is 0 Å². The molecule has 0 saturated carbocycles. The number of hydrogen-bond donors (Lipinski definition) is 4. The fourth-order valence-electron chi connectivity index (χ4n) is 2.34. The Balaban J connectivity index is 3.85. The minimum atomic E-state index is -0.107. The number of ether oxygens (including phenoxy) is 1. The maximum atomic E-state index is 11.7. The van der Waals surface area contributed by atoms with Gasteiger partial charge in [-0.25, -0.2) is 0 Å². The molecule has 0 bridgehead atoms. The number of nitrogens with two attached hydrogens (primary N) is 4. The van der Waals surface area contributed by atoms with Gasteiger partial charge in [0.15, 0.2) is 0 Å². The van der Waals surface area contributed by atoms with Gasteiger partial charge in [0.05, 0.1) is 13.0 Å². The SMILES string of the molecule is COC(=O)C(CCCCCC(N)=[NH2+])CCCCCC(N)=[NH2+]. The molecule has 0 aromatic carbocycles. The van der Waals surface area contributed by atoms with Crippen molar-refractivity contribution in [3.8, 4) is 0 Å². The molecule has 122 valence electrons. The first kappa shape index (κ1) is 19.4. The Morgan fingerprint density at radius 3 is 1.67 bits per heavy atom. The van der Waals surface area contributed by atoms with Gasteiger partial charge in [-0.1, -0.05) is 25.7 Å². The summed E-state index contributed by atoms with van der Waals surface area (Å²) in [4.78, 5) is 11.7. The molecule has 0 aromatic rings. The second-order valence-corrected chi connectivity index (χ2v) is 5.57. The van der Waals surface area contributed by atoms with Crippen LogP contribution in [0.15, 0.2) is 0 Å². The van der Waals surface area contributed by atoms with Crippen LogP contribution in [0.4, 0.5) is 0 Å². The number of esters is 1. The molecule has 0 saturated heterocycles. The van der Waals surface area contributed by atoms with Crippen LogP contribution >= 0.6 is 0 Å². The fourth-order valence-corrected chi connectivity index (χ4v) is 2.34. The number of amidine groups is 2.